The zero-order valence-corrected chi connectivity index (χ0v) is 30.4. The fraction of sp³-hybridized carbons (Fsp3) is 0.385. The van der Waals surface area contributed by atoms with Gasteiger partial charge < -0.3 is 40.6 Å². The van der Waals surface area contributed by atoms with E-state index in [1.165, 1.54) is 18.2 Å². The van der Waals surface area contributed by atoms with Gasteiger partial charge in [0.05, 0.1) is 25.3 Å². The van der Waals surface area contributed by atoms with Crippen molar-refractivity contribution in [1.82, 2.24) is 36.1 Å². The molecule has 2 aliphatic rings. The van der Waals surface area contributed by atoms with Crippen LogP contribution in [0, 0.1) is 12.8 Å². The summed E-state index contributed by atoms with van der Waals surface area (Å²) in [4.78, 5) is 77.6. The van der Waals surface area contributed by atoms with Crippen LogP contribution in [0.25, 0.3) is 10.9 Å². The standard InChI is InChI=1S/C39H47N7O7/c1-24(2)35-38(50)41-13-15-53-29-11-9-26(10-12-29)18-32(43-36(48)28-17-25(3)20-40-21-28)37(49)44-33(19-27-22-42-31-8-6-5-7-30(27)31)39(51)46(14-16-52-4)23-34(47)45-35/h5-12,17,20-22,24,32-33,35,42H,13-16,18-19,23H2,1-4H3,(H,41,50)(H,43,48)(H,44,49)(H,45,47)/t32-,33-,35-/m0/s1. The van der Waals surface area contributed by atoms with Crippen molar-refractivity contribution >= 4 is 40.4 Å². The largest absolute Gasteiger partial charge is 0.492 e. The van der Waals surface area contributed by atoms with Gasteiger partial charge in [-0.15, -0.1) is 0 Å². The number of hydrogen-bond acceptors (Lipinski definition) is 8. The molecule has 6 rings (SSSR count). The van der Waals surface area contributed by atoms with Crippen molar-refractivity contribution in [3.8, 4) is 5.75 Å². The van der Waals surface area contributed by atoms with Crippen molar-refractivity contribution in [3.63, 3.8) is 0 Å². The number of aryl methyl sites for hydroxylation is 1. The van der Waals surface area contributed by atoms with Crippen molar-refractivity contribution in [3.05, 3.63) is 95.4 Å². The molecule has 4 aromatic rings. The van der Waals surface area contributed by atoms with Gasteiger partial charge in [-0.25, -0.2) is 0 Å². The van der Waals surface area contributed by atoms with Gasteiger partial charge in [-0.2, -0.15) is 0 Å². The molecule has 5 N–H and O–H groups in total. The highest BCUT2D eigenvalue weighted by atomic mass is 16.5. The summed E-state index contributed by atoms with van der Waals surface area (Å²) in [5.41, 5.74) is 3.40. The average Bonchev–Trinajstić information content (AvgIpc) is 3.55. The van der Waals surface area contributed by atoms with Crippen molar-refractivity contribution < 1.29 is 33.4 Å². The van der Waals surface area contributed by atoms with E-state index in [9.17, 15) is 24.0 Å². The first kappa shape index (κ1) is 38.5. The second-order valence-electron chi connectivity index (χ2n) is 13.4. The summed E-state index contributed by atoms with van der Waals surface area (Å²) in [5.74, 6) is -2.29. The molecule has 4 heterocycles. The topological polar surface area (TPSA) is 184 Å². The molecule has 53 heavy (non-hydrogen) atoms. The maximum atomic E-state index is 14.5. The summed E-state index contributed by atoms with van der Waals surface area (Å²) in [6.07, 6.45) is 5.00. The molecule has 14 heteroatoms. The highest BCUT2D eigenvalue weighted by Gasteiger charge is 2.33. The Kier molecular flexibility index (Phi) is 13.2. The Labute approximate surface area is 308 Å². The first-order valence-corrected chi connectivity index (χ1v) is 17.7. The van der Waals surface area contributed by atoms with Gasteiger partial charge in [0.25, 0.3) is 5.91 Å². The minimum atomic E-state index is -1.16. The van der Waals surface area contributed by atoms with E-state index in [2.05, 4.69) is 31.2 Å². The van der Waals surface area contributed by atoms with Crippen LogP contribution in [0.2, 0.25) is 0 Å². The third-order valence-electron chi connectivity index (χ3n) is 8.98. The van der Waals surface area contributed by atoms with E-state index < -0.39 is 48.3 Å². The maximum absolute atomic E-state index is 14.5. The van der Waals surface area contributed by atoms with E-state index >= 15 is 0 Å². The number of carbonyl (C=O) groups excluding carboxylic acids is 5. The molecule has 0 saturated heterocycles. The van der Waals surface area contributed by atoms with Crippen molar-refractivity contribution in [2.45, 2.75) is 51.7 Å². The van der Waals surface area contributed by atoms with Crippen LogP contribution >= 0.6 is 0 Å². The number of pyridine rings is 1. The van der Waals surface area contributed by atoms with E-state index in [0.29, 0.717) is 5.75 Å². The smallest absolute Gasteiger partial charge is 0.253 e. The number of nitrogens with one attached hydrogen (secondary N) is 5. The lowest BCUT2D eigenvalue weighted by molar-refractivity contribution is -0.141. The Balaban J connectivity index is 1.53. The average molecular weight is 726 g/mol. The van der Waals surface area contributed by atoms with Crippen LogP contribution in [0.3, 0.4) is 0 Å². The molecule has 3 atom stereocenters. The molecule has 280 valence electrons. The van der Waals surface area contributed by atoms with Crippen LogP contribution in [0.4, 0.5) is 0 Å². The number of aromatic nitrogens is 2. The number of fused-ring (bicyclic) bond motifs is 18. The molecule has 2 bridgehead atoms. The first-order valence-electron chi connectivity index (χ1n) is 17.7. The van der Waals surface area contributed by atoms with Gasteiger partial charge in [0.15, 0.2) is 0 Å². The summed E-state index contributed by atoms with van der Waals surface area (Å²) in [5, 5.41) is 12.2. The SMILES string of the molecule is COCCN1CC(=O)N[C@@H](C(C)C)C(=O)NCCOc2ccc(cc2)C[C@H](NC(=O)c2cncc(C)c2)C(=O)N[C@@H](Cc2c[nH]c3ccccc23)C1=O. The molecule has 2 aromatic heterocycles. The Morgan fingerprint density at radius 2 is 1.81 bits per heavy atom. The van der Waals surface area contributed by atoms with Crippen molar-refractivity contribution in [1.29, 1.82) is 0 Å². The molecule has 0 aliphatic carbocycles. The summed E-state index contributed by atoms with van der Waals surface area (Å²) in [7, 11) is 1.48. The summed E-state index contributed by atoms with van der Waals surface area (Å²) in [6.45, 7) is 5.55. The molecule has 0 unspecified atom stereocenters. The quantitative estimate of drug-likeness (QED) is 0.171. The molecule has 0 spiro atoms. The summed E-state index contributed by atoms with van der Waals surface area (Å²) in [6, 6.07) is 13.2. The maximum Gasteiger partial charge on any atom is 0.253 e. The normalized spacial score (nSPS) is 19.3. The predicted molar refractivity (Wildman–Crippen MR) is 198 cm³/mol. The van der Waals surface area contributed by atoms with Gasteiger partial charge in [0.2, 0.25) is 23.6 Å². The van der Waals surface area contributed by atoms with Gasteiger partial charge >= 0.3 is 0 Å². The van der Waals surface area contributed by atoms with Crippen LogP contribution in [0.15, 0.2) is 73.2 Å². The van der Waals surface area contributed by atoms with Crippen LogP contribution in [0.5, 0.6) is 5.75 Å². The Morgan fingerprint density at radius 3 is 2.55 bits per heavy atom. The first-order chi connectivity index (χ1) is 25.5. The van der Waals surface area contributed by atoms with Crippen LogP contribution < -0.4 is 26.0 Å². The van der Waals surface area contributed by atoms with Gasteiger partial charge in [-0.3, -0.25) is 29.0 Å². The van der Waals surface area contributed by atoms with Crippen LogP contribution in [0.1, 0.15) is 40.9 Å². The number of para-hydroxylation sites is 1. The van der Waals surface area contributed by atoms with Crippen LogP contribution in [-0.4, -0.2) is 102 Å². The third kappa shape index (κ3) is 10.4. The zero-order chi connectivity index (χ0) is 37.9. The fourth-order valence-corrected chi connectivity index (χ4v) is 6.15. The van der Waals surface area contributed by atoms with E-state index in [0.717, 1.165) is 27.6 Å². The molecule has 2 aliphatic heterocycles. The molecule has 0 radical (unpaired) electrons. The minimum absolute atomic E-state index is 0.0335. The third-order valence-corrected chi connectivity index (χ3v) is 8.98. The number of carbonyl (C=O) groups is 5. The zero-order valence-electron chi connectivity index (χ0n) is 30.4. The lowest BCUT2D eigenvalue weighted by atomic mass is 10.0. The molecule has 0 saturated carbocycles. The lowest BCUT2D eigenvalue weighted by Crippen LogP contribution is -2.58. The van der Waals surface area contributed by atoms with Gasteiger partial charge in [0, 0.05) is 56.0 Å². The number of methoxy groups -OCH3 is 1. The van der Waals surface area contributed by atoms with E-state index in [1.807, 2.05) is 45.0 Å². The second kappa shape index (κ2) is 18.1. The number of amides is 5. The number of nitrogens with zero attached hydrogens (tertiary/aromatic N) is 2. The fourth-order valence-electron chi connectivity index (χ4n) is 6.15. The number of aromatic amines is 1. The van der Waals surface area contributed by atoms with Gasteiger partial charge in [-0.05, 0) is 53.8 Å². The number of ether oxygens (including phenoxy) is 2. The van der Waals surface area contributed by atoms with Gasteiger partial charge in [-0.1, -0.05) is 44.2 Å². The number of benzene rings is 2. The molecule has 0 fully saturated rings. The van der Waals surface area contributed by atoms with E-state index in [4.69, 9.17) is 9.47 Å². The van der Waals surface area contributed by atoms with Crippen LogP contribution in [-0.2, 0) is 36.8 Å². The molecule has 2 aromatic carbocycles. The Morgan fingerprint density at radius 1 is 1.04 bits per heavy atom. The number of rotatable bonds is 8. The monoisotopic (exact) mass is 725 g/mol. The van der Waals surface area contributed by atoms with Crippen molar-refractivity contribution in [2.75, 3.05) is 40.0 Å². The van der Waals surface area contributed by atoms with E-state index in [1.54, 1.807) is 42.7 Å². The second-order valence-corrected chi connectivity index (χ2v) is 13.4. The number of hydrogen-bond donors (Lipinski definition) is 5. The summed E-state index contributed by atoms with van der Waals surface area (Å²) < 4.78 is 11.1. The molecule has 14 nitrogen and oxygen atoms in total. The van der Waals surface area contributed by atoms with E-state index in [-0.39, 0.29) is 56.5 Å². The molecule has 5 amide bonds. The van der Waals surface area contributed by atoms with Crippen molar-refractivity contribution in [2.24, 2.45) is 5.92 Å². The predicted octanol–water partition coefficient (Wildman–Crippen LogP) is 2.06. The highest BCUT2D eigenvalue weighted by molar-refractivity contribution is 5.99. The lowest BCUT2D eigenvalue weighted by Gasteiger charge is -2.30. The molecular formula is C39H47N7O7. The molecular weight excluding hydrogens is 678 g/mol. The van der Waals surface area contributed by atoms with Gasteiger partial charge in [0.1, 0.15) is 30.5 Å². The Bertz CT molecular complexity index is 1910. The summed E-state index contributed by atoms with van der Waals surface area (Å²) >= 11 is 0. The number of H-pyrrole nitrogens is 1. The Hall–Kier alpha value is -5.76. The minimum Gasteiger partial charge on any atom is -0.492 e. The highest BCUT2D eigenvalue weighted by Crippen LogP contribution is 2.21.